The van der Waals surface area contributed by atoms with Crippen LogP contribution in [-0.2, 0) is 11.2 Å². The molecular weight excluding hydrogens is 270 g/mol. The summed E-state index contributed by atoms with van der Waals surface area (Å²) in [6.07, 6.45) is 4.29. The maximum atomic E-state index is 11.8. The predicted octanol–water partition coefficient (Wildman–Crippen LogP) is 4.18. The van der Waals surface area contributed by atoms with Crippen molar-refractivity contribution in [3.63, 3.8) is 0 Å². The van der Waals surface area contributed by atoms with Crippen LogP contribution < -0.4 is 5.32 Å². The first-order valence-electron chi connectivity index (χ1n) is 7.75. The van der Waals surface area contributed by atoms with Crippen molar-refractivity contribution in [3.05, 3.63) is 77.4 Å². The van der Waals surface area contributed by atoms with Gasteiger partial charge in [0.05, 0.1) is 0 Å². The first-order valence-corrected chi connectivity index (χ1v) is 7.75. The molecule has 1 amide bonds. The molecule has 0 spiro atoms. The molecule has 0 radical (unpaired) electrons. The Balaban J connectivity index is 1.78. The summed E-state index contributed by atoms with van der Waals surface area (Å²) < 4.78 is 0. The smallest absolute Gasteiger partial charge is 0.244 e. The Kier molecular flexibility index (Phi) is 5.96. The maximum absolute atomic E-state index is 11.8. The van der Waals surface area contributed by atoms with Crippen LogP contribution in [0.15, 0.2) is 60.7 Å². The minimum absolute atomic E-state index is 0.0520. The quantitative estimate of drug-likeness (QED) is 0.795. The van der Waals surface area contributed by atoms with Crippen molar-refractivity contribution >= 4 is 12.0 Å². The fraction of sp³-hybridized carbons (Fsp3) is 0.250. The molecule has 1 N–H and O–H groups in total. The van der Waals surface area contributed by atoms with E-state index in [0.29, 0.717) is 12.5 Å². The lowest BCUT2D eigenvalue weighted by Gasteiger charge is -2.05. The highest BCUT2D eigenvalue weighted by molar-refractivity contribution is 5.91. The Hall–Kier alpha value is -2.35. The highest BCUT2D eigenvalue weighted by Gasteiger charge is 1.98. The number of carbonyl (C=O) groups is 1. The first kappa shape index (κ1) is 16.0. The molecule has 0 heterocycles. The van der Waals surface area contributed by atoms with Gasteiger partial charge in [-0.1, -0.05) is 68.4 Å². The molecule has 2 rings (SSSR count). The van der Waals surface area contributed by atoms with Gasteiger partial charge in [0.15, 0.2) is 0 Å². The molecule has 0 unspecified atom stereocenters. The molecule has 114 valence electrons. The number of nitrogens with one attached hydrogen (secondary N) is 1. The van der Waals surface area contributed by atoms with Gasteiger partial charge in [-0.3, -0.25) is 4.79 Å². The van der Waals surface area contributed by atoms with Crippen LogP contribution in [0.4, 0.5) is 0 Å². The lowest BCUT2D eigenvalue weighted by molar-refractivity contribution is -0.116. The van der Waals surface area contributed by atoms with E-state index in [-0.39, 0.29) is 5.91 Å². The maximum Gasteiger partial charge on any atom is 0.244 e. The minimum atomic E-state index is -0.0520. The van der Waals surface area contributed by atoms with Gasteiger partial charge >= 0.3 is 0 Å². The zero-order valence-corrected chi connectivity index (χ0v) is 13.3. The minimum Gasteiger partial charge on any atom is -0.352 e. The Bertz CT molecular complexity index is 612. The molecule has 0 fully saturated rings. The van der Waals surface area contributed by atoms with Crippen molar-refractivity contribution in [3.8, 4) is 0 Å². The molecule has 2 nitrogen and oxygen atoms in total. The van der Waals surface area contributed by atoms with Gasteiger partial charge in [-0.05, 0) is 35.1 Å². The molecule has 0 saturated heterocycles. The summed E-state index contributed by atoms with van der Waals surface area (Å²) in [5.41, 5.74) is 3.59. The van der Waals surface area contributed by atoms with Gasteiger partial charge in [-0.25, -0.2) is 0 Å². The average molecular weight is 293 g/mol. The number of amides is 1. The number of hydrogen-bond donors (Lipinski definition) is 1. The highest BCUT2D eigenvalue weighted by Crippen LogP contribution is 2.15. The molecule has 0 aliphatic heterocycles. The molecule has 0 aliphatic carbocycles. The zero-order chi connectivity index (χ0) is 15.8. The monoisotopic (exact) mass is 293 g/mol. The Morgan fingerprint density at radius 1 is 1.05 bits per heavy atom. The van der Waals surface area contributed by atoms with Crippen molar-refractivity contribution in [2.75, 3.05) is 6.54 Å². The third-order valence-electron chi connectivity index (χ3n) is 3.59. The van der Waals surface area contributed by atoms with Crippen LogP contribution in [0.2, 0.25) is 0 Å². The molecule has 0 atom stereocenters. The molecule has 2 aromatic carbocycles. The largest absolute Gasteiger partial charge is 0.352 e. The van der Waals surface area contributed by atoms with E-state index in [9.17, 15) is 4.79 Å². The zero-order valence-electron chi connectivity index (χ0n) is 13.3. The van der Waals surface area contributed by atoms with E-state index in [1.54, 1.807) is 6.08 Å². The van der Waals surface area contributed by atoms with E-state index < -0.39 is 0 Å². The summed E-state index contributed by atoms with van der Waals surface area (Å²) in [6.45, 7) is 5.00. The SMILES string of the molecule is CC(C)c1ccc(C=CC(=O)NCCc2ccccc2)cc1. The normalized spacial score (nSPS) is 11.0. The number of rotatable bonds is 6. The molecule has 0 aliphatic rings. The number of carbonyl (C=O) groups excluding carboxylic acids is 1. The van der Waals surface area contributed by atoms with Crippen LogP contribution in [0.25, 0.3) is 6.08 Å². The summed E-state index contributed by atoms with van der Waals surface area (Å²) in [6, 6.07) is 18.5. The first-order chi connectivity index (χ1) is 10.6. The Morgan fingerprint density at radius 3 is 2.36 bits per heavy atom. The van der Waals surface area contributed by atoms with Gasteiger partial charge in [0.25, 0.3) is 0 Å². The van der Waals surface area contributed by atoms with Gasteiger partial charge in [0.2, 0.25) is 5.91 Å². The topological polar surface area (TPSA) is 29.1 Å². The van der Waals surface area contributed by atoms with Crippen LogP contribution in [0.1, 0.15) is 36.5 Å². The van der Waals surface area contributed by atoms with Gasteiger partial charge < -0.3 is 5.32 Å². The standard InChI is InChI=1S/C20H23NO/c1-16(2)19-11-8-18(9-12-19)10-13-20(22)21-15-14-17-6-4-3-5-7-17/h3-13,16H,14-15H2,1-2H3,(H,21,22). The van der Waals surface area contributed by atoms with Crippen LogP contribution in [0.3, 0.4) is 0 Å². The molecular formula is C20H23NO. The molecule has 0 aromatic heterocycles. The molecule has 22 heavy (non-hydrogen) atoms. The summed E-state index contributed by atoms with van der Waals surface area (Å²) in [4.78, 5) is 11.8. The van der Waals surface area contributed by atoms with Gasteiger partial charge in [-0.15, -0.1) is 0 Å². The Labute approximate surface area is 132 Å². The summed E-state index contributed by atoms with van der Waals surface area (Å²) >= 11 is 0. The van der Waals surface area contributed by atoms with E-state index in [1.165, 1.54) is 11.1 Å². The van der Waals surface area contributed by atoms with E-state index >= 15 is 0 Å². The van der Waals surface area contributed by atoms with E-state index in [0.717, 1.165) is 12.0 Å². The summed E-state index contributed by atoms with van der Waals surface area (Å²) in [5.74, 6) is 0.475. The Morgan fingerprint density at radius 2 is 1.73 bits per heavy atom. The van der Waals surface area contributed by atoms with Crippen molar-refractivity contribution < 1.29 is 4.79 Å². The van der Waals surface area contributed by atoms with Crippen molar-refractivity contribution in [1.29, 1.82) is 0 Å². The highest BCUT2D eigenvalue weighted by atomic mass is 16.1. The predicted molar refractivity (Wildman–Crippen MR) is 92.7 cm³/mol. The van der Waals surface area contributed by atoms with Crippen molar-refractivity contribution in [2.24, 2.45) is 0 Å². The van der Waals surface area contributed by atoms with Gasteiger partial charge in [-0.2, -0.15) is 0 Å². The van der Waals surface area contributed by atoms with Crippen molar-refractivity contribution in [1.82, 2.24) is 5.32 Å². The van der Waals surface area contributed by atoms with Gasteiger partial charge in [0.1, 0.15) is 0 Å². The van der Waals surface area contributed by atoms with Crippen LogP contribution >= 0.6 is 0 Å². The molecule has 2 aromatic rings. The second kappa shape index (κ2) is 8.18. The second-order valence-electron chi connectivity index (χ2n) is 5.68. The molecule has 0 saturated carbocycles. The fourth-order valence-electron chi connectivity index (χ4n) is 2.20. The third kappa shape index (κ3) is 5.21. The van der Waals surface area contributed by atoms with Crippen LogP contribution in [0.5, 0.6) is 0 Å². The summed E-state index contributed by atoms with van der Waals surface area (Å²) in [5, 5.41) is 2.91. The second-order valence-corrected chi connectivity index (χ2v) is 5.68. The third-order valence-corrected chi connectivity index (χ3v) is 3.59. The van der Waals surface area contributed by atoms with Crippen molar-refractivity contribution in [2.45, 2.75) is 26.2 Å². The lowest BCUT2D eigenvalue weighted by Crippen LogP contribution is -2.23. The van der Waals surface area contributed by atoms with Gasteiger partial charge in [0, 0.05) is 12.6 Å². The van der Waals surface area contributed by atoms with Crippen LogP contribution in [-0.4, -0.2) is 12.5 Å². The van der Waals surface area contributed by atoms with Crippen LogP contribution in [0, 0.1) is 0 Å². The van der Waals surface area contributed by atoms with E-state index in [4.69, 9.17) is 0 Å². The lowest BCUT2D eigenvalue weighted by atomic mass is 10.0. The number of hydrogen-bond acceptors (Lipinski definition) is 1. The summed E-state index contributed by atoms with van der Waals surface area (Å²) in [7, 11) is 0. The molecule has 2 heteroatoms. The van der Waals surface area contributed by atoms with E-state index in [2.05, 4.69) is 43.4 Å². The average Bonchev–Trinajstić information content (AvgIpc) is 2.54. The molecule has 0 bridgehead atoms. The fourth-order valence-corrected chi connectivity index (χ4v) is 2.20. The van der Waals surface area contributed by atoms with E-state index in [1.807, 2.05) is 36.4 Å². The number of benzene rings is 2.